The minimum absolute atomic E-state index is 0.0316. The van der Waals surface area contributed by atoms with Gasteiger partial charge in [-0.15, -0.1) is 0 Å². The summed E-state index contributed by atoms with van der Waals surface area (Å²) in [6.45, 7) is 4.81. The van der Waals surface area contributed by atoms with Crippen molar-refractivity contribution in [1.82, 2.24) is 4.90 Å². The first-order valence-corrected chi connectivity index (χ1v) is 6.68. The molecule has 1 aliphatic heterocycles. The van der Waals surface area contributed by atoms with Gasteiger partial charge in [0.15, 0.2) is 0 Å². The van der Waals surface area contributed by atoms with E-state index >= 15 is 0 Å². The summed E-state index contributed by atoms with van der Waals surface area (Å²) in [4.78, 5) is 24.9. The lowest BCUT2D eigenvalue weighted by molar-refractivity contribution is -0.153. The lowest BCUT2D eigenvalue weighted by Crippen LogP contribution is -2.50. The number of rotatable bonds is 5. The van der Waals surface area contributed by atoms with Crippen molar-refractivity contribution < 1.29 is 14.7 Å². The molecule has 1 atom stereocenters. The third-order valence-corrected chi connectivity index (χ3v) is 3.88. The standard InChI is InChI=1S/C13H24N2O3/c1-3-4-5-10(14)11(16)15-8-6-13(2,7-9-15)12(17)18/h10H,3-9,14H2,1-2H3,(H,17,18)/t10-/m0/s1. The van der Waals surface area contributed by atoms with Gasteiger partial charge in [-0.3, -0.25) is 9.59 Å². The molecule has 1 rings (SSSR count). The van der Waals surface area contributed by atoms with Gasteiger partial charge < -0.3 is 15.7 Å². The molecule has 1 fully saturated rings. The van der Waals surface area contributed by atoms with Crippen molar-refractivity contribution in [1.29, 1.82) is 0 Å². The quantitative estimate of drug-likeness (QED) is 0.774. The van der Waals surface area contributed by atoms with E-state index in [2.05, 4.69) is 6.92 Å². The molecular formula is C13H24N2O3. The Hall–Kier alpha value is -1.10. The van der Waals surface area contributed by atoms with Crippen molar-refractivity contribution in [3.63, 3.8) is 0 Å². The summed E-state index contributed by atoms with van der Waals surface area (Å²) >= 11 is 0. The van der Waals surface area contributed by atoms with Crippen LogP contribution in [0.4, 0.5) is 0 Å². The number of nitrogens with two attached hydrogens (primary N) is 1. The number of carbonyl (C=O) groups is 2. The van der Waals surface area contributed by atoms with Gasteiger partial charge in [0.1, 0.15) is 0 Å². The van der Waals surface area contributed by atoms with Crippen molar-refractivity contribution in [3.8, 4) is 0 Å². The van der Waals surface area contributed by atoms with Gasteiger partial charge in [-0.05, 0) is 26.2 Å². The number of hydrogen-bond acceptors (Lipinski definition) is 3. The first kappa shape index (κ1) is 15.0. The van der Waals surface area contributed by atoms with Crippen LogP contribution < -0.4 is 5.73 Å². The normalized spacial score (nSPS) is 20.5. The molecule has 1 amide bonds. The van der Waals surface area contributed by atoms with Gasteiger partial charge in [0.2, 0.25) is 5.91 Å². The average Bonchev–Trinajstić information content (AvgIpc) is 2.35. The molecule has 0 unspecified atom stereocenters. The number of aliphatic carboxylic acids is 1. The third-order valence-electron chi connectivity index (χ3n) is 3.88. The van der Waals surface area contributed by atoms with Crippen LogP contribution in [0.3, 0.4) is 0 Å². The molecule has 1 aliphatic rings. The Morgan fingerprint density at radius 2 is 1.94 bits per heavy atom. The second-order valence-corrected chi connectivity index (χ2v) is 5.44. The number of hydrogen-bond donors (Lipinski definition) is 2. The van der Waals surface area contributed by atoms with Gasteiger partial charge in [0, 0.05) is 13.1 Å². The van der Waals surface area contributed by atoms with Gasteiger partial charge in [-0.25, -0.2) is 0 Å². The molecular weight excluding hydrogens is 232 g/mol. The summed E-state index contributed by atoms with van der Waals surface area (Å²) in [5, 5.41) is 9.12. The van der Waals surface area contributed by atoms with E-state index in [1.54, 1.807) is 11.8 Å². The zero-order valence-corrected chi connectivity index (χ0v) is 11.3. The van der Waals surface area contributed by atoms with Crippen LogP contribution in [0.1, 0.15) is 46.0 Å². The monoisotopic (exact) mass is 256 g/mol. The van der Waals surface area contributed by atoms with Crippen LogP contribution in [0, 0.1) is 5.41 Å². The SMILES string of the molecule is CCCC[C@H](N)C(=O)N1CCC(C)(C(=O)O)CC1. The lowest BCUT2D eigenvalue weighted by atomic mass is 9.80. The Morgan fingerprint density at radius 1 is 1.39 bits per heavy atom. The van der Waals surface area contributed by atoms with Gasteiger partial charge >= 0.3 is 5.97 Å². The van der Waals surface area contributed by atoms with Gasteiger partial charge in [-0.1, -0.05) is 19.8 Å². The smallest absolute Gasteiger partial charge is 0.309 e. The summed E-state index contributed by atoms with van der Waals surface area (Å²) in [5.74, 6) is -0.805. The molecule has 0 saturated carbocycles. The molecule has 0 aliphatic carbocycles. The highest BCUT2D eigenvalue weighted by atomic mass is 16.4. The van der Waals surface area contributed by atoms with Crippen molar-refractivity contribution >= 4 is 11.9 Å². The van der Waals surface area contributed by atoms with Gasteiger partial charge in [-0.2, -0.15) is 0 Å². The molecule has 3 N–H and O–H groups in total. The highest BCUT2D eigenvalue weighted by molar-refractivity contribution is 5.82. The van der Waals surface area contributed by atoms with Gasteiger partial charge in [0.25, 0.3) is 0 Å². The highest BCUT2D eigenvalue weighted by Gasteiger charge is 2.38. The van der Waals surface area contributed by atoms with Crippen LogP contribution in [0.15, 0.2) is 0 Å². The van der Waals surface area contributed by atoms with Crippen molar-refractivity contribution in [2.45, 2.75) is 52.0 Å². The topological polar surface area (TPSA) is 83.6 Å². The van der Waals surface area contributed by atoms with Crippen molar-refractivity contribution in [2.75, 3.05) is 13.1 Å². The summed E-state index contributed by atoms with van der Waals surface area (Å²) < 4.78 is 0. The van der Waals surface area contributed by atoms with E-state index in [1.165, 1.54) is 0 Å². The van der Waals surface area contributed by atoms with Crippen LogP contribution >= 0.6 is 0 Å². The maximum atomic E-state index is 12.0. The first-order valence-electron chi connectivity index (χ1n) is 6.68. The van der Waals surface area contributed by atoms with Crippen molar-refractivity contribution in [3.05, 3.63) is 0 Å². The average molecular weight is 256 g/mol. The van der Waals surface area contributed by atoms with Crippen LogP contribution in [0.5, 0.6) is 0 Å². The van der Waals surface area contributed by atoms with Crippen molar-refractivity contribution in [2.24, 2.45) is 11.1 Å². The van der Waals surface area contributed by atoms with E-state index in [4.69, 9.17) is 10.8 Å². The summed E-state index contributed by atoms with van der Waals surface area (Å²) in [6, 6.07) is -0.431. The number of amides is 1. The minimum Gasteiger partial charge on any atom is -0.481 e. The number of unbranched alkanes of at least 4 members (excludes halogenated alkanes) is 1. The number of likely N-dealkylation sites (tertiary alicyclic amines) is 1. The Kier molecular flexibility index (Phi) is 5.14. The molecule has 0 aromatic rings. The fraction of sp³-hybridized carbons (Fsp3) is 0.846. The molecule has 1 heterocycles. The zero-order chi connectivity index (χ0) is 13.8. The maximum absolute atomic E-state index is 12.0. The van der Waals surface area contributed by atoms with E-state index in [0.29, 0.717) is 32.4 Å². The van der Waals surface area contributed by atoms with E-state index in [9.17, 15) is 9.59 Å². The van der Waals surface area contributed by atoms with E-state index in [0.717, 1.165) is 12.8 Å². The summed E-state index contributed by atoms with van der Waals surface area (Å²) in [5.41, 5.74) is 5.16. The first-order chi connectivity index (χ1) is 8.40. The largest absolute Gasteiger partial charge is 0.481 e. The lowest BCUT2D eigenvalue weighted by Gasteiger charge is -2.37. The number of carboxylic acids is 1. The molecule has 0 spiro atoms. The van der Waals surface area contributed by atoms with Crippen LogP contribution in [0.2, 0.25) is 0 Å². The summed E-state index contributed by atoms with van der Waals surface area (Å²) in [7, 11) is 0. The Bertz CT molecular complexity index is 309. The van der Waals surface area contributed by atoms with Crippen LogP contribution in [0.25, 0.3) is 0 Å². The second-order valence-electron chi connectivity index (χ2n) is 5.44. The maximum Gasteiger partial charge on any atom is 0.309 e. The molecule has 1 saturated heterocycles. The van der Waals surface area contributed by atoms with E-state index in [-0.39, 0.29) is 5.91 Å². The minimum atomic E-state index is -0.773. The molecule has 0 radical (unpaired) electrons. The number of carbonyl (C=O) groups excluding carboxylic acids is 1. The van der Waals surface area contributed by atoms with E-state index < -0.39 is 17.4 Å². The molecule has 104 valence electrons. The number of nitrogens with zero attached hydrogens (tertiary/aromatic N) is 1. The van der Waals surface area contributed by atoms with E-state index in [1.807, 2.05) is 0 Å². The predicted molar refractivity (Wildman–Crippen MR) is 69.1 cm³/mol. The highest BCUT2D eigenvalue weighted by Crippen LogP contribution is 2.31. The Labute approximate surface area is 108 Å². The van der Waals surface area contributed by atoms with Crippen LogP contribution in [-0.2, 0) is 9.59 Å². The molecule has 5 heteroatoms. The fourth-order valence-corrected chi connectivity index (χ4v) is 2.22. The fourth-order valence-electron chi connectivity index (χ4n) is 2.22. The molecule has 5 nitrogen and oxygen atoms in total. The zero-order valence-electron chi connectivity index (χ0n) is 11.3. The van der Waals surface area contributed by atoms with Gasteiger partial charge in [0.05, 0.1) is 11.5 Å². The number of carboxylic acid groups (broad SMARTS) is 1. The predicted octanol–water partition coefficient (Wildman–Crippen LogP) is 1.22. The molecule has 0 aromatic heterocycles. The summed E-state index contributed by atoms with van der Waals surface area (Å²) in [6.07, 6.45) is 3.71. The third kappa shape index (κ3) is 3.45. The molecule has 0 aromatic carbocycles. The molecule has 0 bridgehead atoms. The van der Waals surface area contributed by atoms with Crippen LogP contribution in [-0.4, -0.2) is 41.0 Å². The Balaban J connectivity index is 2.47. The Morgan fingerprint density at radius 3 is 2.39 bits per heavy atom. The number of piperidine rings is 1. The molecule has 18 heavy (non-hydrogen) atoms. The second kappa shape index (κ2) is 6.18.